The first-order valence-corrected chi connectivity index (χ1v) is 11.7. The lowest BCUT2D eigenvalue weighted by Crippen LogP contribution is -2.32. The zero-order chi connectivity index (χ0) is 24.4. The summed E-state index contributed by atoms with van der Waals surface area (Å²) in [4.78, 5) is 38.6. The largest absolute Gasteiger partial charge is 0.473 e. The van der Waals surface area contributed by atoms with E-state index in [0.717, 1.165) is 29.0 Å². The SMILES string of the molecule is CSCCC(NCC(=O)Nc1c(Cl)cccc1Cl)c1nc2ccccc2[nH]1.O=C(O)C(=O)O. The Morgan fingerprint density at radius 2 is 1.70 bits per heavy atom. The third-order valence-corrected chi connectivity index (χ3v) is 5.54. The maximum atomic E-state index is 12.4. The molecule has 0 aliphatic rings. The maximum absolute atomic E-state index is 12.4. The number of fused-ring (bicyclic) bond motifs is 1. The van der Waals surface area contributed by atoms with Gasteiger partial charge in [0.1, 0.15) is 5.82 Å². The Morgan fingerprint density at radius 1 is 1.06 bits per heavy atom. The molecule has 0 spiro atoms. The predicted octanol–water partition coefficient (Wildman–Crippen LogP) is 4.05. The number of aliphatic carboxylic acids is 2. The number of halogens is 2. The number of carbonyl (C=O) groups excluding carboxylic acids is 1. The molecule has 0 saturated carbocycles. The lowest BCUT2D eigenvalue weighted by molar-refractivity contribution is -0.159. The van der Waals surface area contributed by atoms with Crippen LogP contribution < -0.4 is 10.6 Å². The quantitative estimate of drug-likeness (QED) is 0.284. The molecular formula is C21H22Cl2N4O5S. The molecule has 0 bridgehead atoms. The monoisotopic (exact) mass is 512 g/mol. The van der Waals surface area contributed by atoms with E-state index in [1.54, 1.807) is 30.0 Å². The van der Waals surface area contributed by atoms with Crippen molar-refractivity contribution in [3.63, 3.8) is 0 Å². The number of thioether (sulfide) groups is 1. The molecule has 3 aromatic rings. The summed E-state index contributed by atoms with van der Waals surface area (Å²) in [6.07, 6.45) is 2.91. The molecule has 9 nitrogen and oxygen atoms in total. The molecule has 1 amide bonds. The fourth-order valence-electron chi connectivity index (χ4n) is 2.73. The first-order chi connectivity index (χ1) is 15.7. The molecule has 1 aromatic heterocycles. The van der Waals surface area contributed by atoms with Crippen molar-refractivity contribution in [2.24, 2.45) is 0 Å². The zero-order valence-electron chi connectivity index (χ0n) is 17.5. The van der Waals surface area contributed by atoms with E-state index in [4.69, 9.17) is 43.0 Å². The van der Waals surface area contributed by atoms with Crippen LogP contribution in [0.1, 0.15) is 18.3 Å². The molecule has 1 heterocycles. The van der Waals surface area contributed by atoms with Crippen LogP contribution in [-0.2, 0) is 14.4 Å². The fourth-order valence-corrected chi connectivity index (χ4v) is 3.69. The highest BCUT2D eigenvalue weighted by atomic mass is 35.5. The molecule has 3 rings (SSSR count). The van der Waals surface area contributed by atoms with Gasteiger partial charge in [-0.1, -0.05) is 41.4 Å². The number of aromatic amines is 1. The summed E-state index contributed by atoms with van der Waals surface area (Å²) in [6, 6.07) is 12.9. The molecule has 0 radical (unpaired) electrons. The van der Waals surface area contributed by atoms with Gasteiger partial charge in [-0.25, -0.2) is 14.6 Å². The second-order valence-corrected chi connectivity index (χ2v) is 8.41. The van der Waals surface area contributed by atoms with Gasteiger partial charge < -0.3 is 20.5 Å². The number of nitrogens with zero attached hydrogens (tertiary/aromatic N) is 1. The van der Waals surface area contributed by atoms with Crippen LogP contribution in [-0.4, -0.2) is 56.6 Å². The van der Waals surface area contributed by atoms with E-state index in [-0.39, 0.29) is 18.5 Å². The van der Waals surface area contributed by atoms with Gasteiger partial charge in [-0.3, -0.25) is 10.1 Å². The van der Waals surface area contributed by atoms with E-state index in [2.05, 4.69) is 26.9 Å². The molecule has 1 unspecified atom stereocenters. The number of hydrogen-bond donors (Lipinski definition) is 5. The standard InChI is InChI=1S/C19H20Cl2N4OS.C2H2O4/c1-27-10-9-16(19-23-14-7-2-3-8-15(14)24-19)22-11-17(26)25-18-12(20)5-4-6-13(18)21;3-1(4)2(5)6/h2-8,16,22H,9-11H2,1H3,(H,23,24)(H,25,26);(H,3,4)(H,5,6). The highest BCUT2D eigenvalue weighted by molar-refractivity contribution is 7.98. The van der Waals surface area contributed by atoms with Crippen molar-refractivity contribution < 1.29 is 24.6 Å². The minimum atomic E-state index is -1.82. The first kappa shape index (κ1) is 26.5. The number of carboxylic acid groups (broad SMARTS) is 2. The van der Waals surface area contributed by atoms with Gasteiger partial charge in [0.2, 0.25) is 5.91 Å². The van der Waals surface area contributed by atoms with Crippen molar-refractivity contribution >= 4 is 69.5 Å². The second kappa shape index (κ2) is 13.0. The highest BCUT2D eigenvalue weighted by Gasteiger charge is 2.17. The first-order valence-electron chi connectivity index (χ1n) is 9.60. The average molecular weight is 513 g/mol. The number of rotatable bonds is 8. The summed E-state index contributed by atoms with van der Waals surface area (Å²) in [7, 11) is 0. The molecular weight excluding hydrogens is 491 g/mol. The van der Waals surface area contributed by atoms with Gasteiger partial charge in [0.15, 0.2) is 0 Å². The summed E-state index contributed by atoms with van der Waals surface area (Å²) >= 11 is 14.0. The normalized spacial score (nSPS) is 11.4. The molecule has 0 saturated heterocycles. The van der Waals surface area contributed by atoms with E-state index in [9.17, 15) is 4.79 Å². The summed E-state index contributed by atoms with van der Waals surface area (Å²) < 4.78 is 0. The van der Waals surface area contributed by atoms with Gasteiger partial charge in [-0.05, 0) is 42.7 Å². The lowest BCUT2D eigenvalue weighted by atomic mass is 10.2. The Labute approximate surface area is 203 Å². The minimum Gasteiger partial charge on any atom is -0.473 e. The Hall–Kier alpha value is -2.79. The molecule has 5 N–H and O–H groups in total. The van der Waals surface area contributed by atoms with E-state index >= 15 is 0 Å². The van der Waals surface area contributed by atoms with E-state index < -0.39 is 11.9 Å². The number of nitrogens with one attached hydrogen (secondary N) is 3. The van der Waals surface area contributed by atoms with Crippen molar-refractivity contribution in [1.82, 2.24) is 15.3 Å². The van der Waals surface area contributed by atoms with Crippen LogP contribution in [0, 0.1) is 0 Å². The Balaban J connectivity index is 0.000000569. The lowest BCUT2D eigenvalue weighted by Gasteiger charge is -2.16. The fraction of sp³-hybridized carbons (Fsp3) is 0.238. The second-order valence-electron chi connectivity index (χ2n) is 6.61. The number of aromatic nitrogens is 2. The molecule has 176 valence electrons. The van der Waals surface area contributed by atoms with Gasteiger partial charge in [-0.15, -0.1) is 0 Å². The van der Waals surface area contributed by atoms with Crippen LogP contribution in [0.2, 0.25) is 10.0 Å². The Morgan fingerprint density at radius 3 is 2.27 bits per heavy atom. The summed E-state index contributed by atoms with van der Waals surface area (Å²) in [6.45, 7) is 0.123. The predicted molar refractivity (Wildman–Crippen MR) is 130 cm³/mol. The van der Waals surface area contributed by atoms with Crippen molar-refractivity contribution in [3.05, 3.63) is 58.3 Å². The van der Waals surface area contributed by atoms with Crippen molar-refractivity contribution in [2.75, 3.05) is 23.9 Å². The molecule has 0 aliphatic heterocycles. The van der Waals surface area contributed by atoms with E-state index in [1.807, 2.05) is 24.3 Å². The van der Waals surface area contributed by atoms with Crippen molar-refractivity contribution in [2.45, 2.75) is 12.5 Å². The summed E-state index contributed by atoms with van der Waals surface area (Å²) in [5.74, 6) is -2.08. The van der Waals surface area contributed by atoms with Gasteiger partial charge in [0.25, 0.3) is 0 Å². The smallest absolute Gasteiger partial charge is 0.414 e. The van der Waals surface area contributed by atoms with Gasteiger partial charge in [0.05, 0.1) is 39.4 Å². The molecule has 0 fully saturated rings. The molecule has 1 atom stereocenters. The number of carbonyl (C=O) groups is 3. The number of anilines is 1. The number of imidazole rings is 1. The Kier molecular flexibility index (Phi) is 10.5. The molecule has 12 heteroatoms. The van der Waals surface area contributed by atoms with Crippen LogP contribution in [0.3, 0.4) is 0 Å². The van der Waals surface area contributed by atoms with Gasteiger partial charge in [0, 0.05) is 0 Å². The minimum absolute atomic E-state index is 0.0580. The van der Waals surface area contributed by atoms with Crippen LogP contribution in [0.4, 0.5) is 5.69 Å². The number of carboxylic acids is 2. The van der Waals surface area contributed by atoms with Crippen LogP contribution >= 0.6 is 35.0 Å². The molecule has 2 aromatic carbocycles. The van der Waals surface area contributed by atoms with Crippen LogP contribution in [0.5, 0.6) is 0 Å². The Bertz CT molecular complexity index is 1060. The third kappa shape index (κ3) is 8.25. The summed E-state index contributed by atoms with van der Waals surface area (Å²) in [5.41, 5.74) is 2.32. The third-order valence-electron chi connectivity index (χ3n) is 4.27. The maximum Gasteiger partial charge on any atom is 0.414 e. The highest BCUT2D eigenvalue weighted by Crippen LogP contribution is 2.29. The van der Waals surface area contributed by atoms with E-state index in [1.165, 1.54) is 0 Å². The molecule has 0 aliphatic carbocycles. The van der Waals surface area contributed by atoms with Gasteiger partial charge in [-0.2, -0.15) is 11.8 Å². The van der Waals surface area contributed by atoms with Crippen molar-refractivity contribution in [3.8, 4) is 0 Å². The van der Waals surface area contributed by atoms with Gasteiger partial charge >= 0.3 is 11.9 Å². The summed E-state index contributed by atoms with van der Waals surface area (Å²) in [5, 5.41) is 21.7. The molecule has 33 heavy (non-hydrogen) atoms. The number of H-pyrrole nitrogens is 1. The topological polar surface area (TPSA) is 144 Å². The van der Waals surface area contributed by atoms with Crippen molar-refractivity contribution in [1.29, 1.82) is 0 Å². The number of amides is 1. The number of benzene rings is 2. The average Bonchev–Trinajstić information content (AvgIpc) is 3.21. The van der Waals surface area contributed by atoms with E-state index in [0.29, 0.717) is 15.7 Å². The van der Waals surface area contributed by atoms with Crippen LogP contribution in [0.25, 0.3) is 11.0 Å². The van der Waals surface area contributed by atoms with Crippen LogP contribution in [0.15, 0.2) is 42.5 Å². The number of hydrogen-bond acceptors (Lipinski definition) is 6. The zero-order valence-corrected chi connectivity index (χ0v) is 19.8. The number of para-hydroxylation sites is 3.